The third-order valence-corrected chi connectivity index (χ3v) is 3.46. The van der Waals surface area contributed by atoms with Crippen LogP contribution < -0.4 is 4.74 Å². The van der Waals surface area contributed by atoms with E-state index in [1.807, 2.05) is 11.0 Å². The third kappa shape index (κ3) is 3.49. The summed E-state index contributed by atoms with van der Waals surface area (Å²) in [6.07, 6.45) is 1.53. The lowest BCUT2D eigenvalue weighted by Crippen LogP contribution is -2.37. The highest BCUT2D eigenvalue weighted by molar-refractivity contribution is 5.77. The van der Waals surface area contributed by atoms with Gasteiger partial charge in [-0.15, -0.1) is 0 Å². The van der Waals surface area contributed by atoms with E-state index in [-0.39, 0.29) is 11.3 Å². The number of rotatable bonds is 2. The van der Waals surface area contributed by atoms with E-state index >= 15 is 0 Å². The highest BCUT2D eigenvalue weighted by atomic mass is 16.5. The van der Waals surface area contributed by atoms with Gasteiger partial charge in [-0.05, 0) is 35.1 Å². The SMILES string of the molecule is COc1ccc2c(c1)CCN(C(=O)CC(C)(C)C)C2. The highest BCUT2D eigenvalue weighted by Crippen LogP contribution is 2.26. The van der Waals surface area contributed by atoms with Crippen molar-refractivity contribution >= 4 is 5.91 Å². The number of methoxy groups -OCH3 is 1. The first kappa shape index (κ1) is 13.9. The molecule has 1 aromatic rings. The molecule has 0 saturated heterocycles. The van der Waals surface area contributed by atoms with E-state index in [1.165, 1.54) is 11.1 Å². The third-order valence-electron chi connectivity index (χ3n) is 3.46. The molecule has 0 fully saturated rings. The molecule has 19 heavy (non-hydrogen) atoms. The smallest absolute Gasteiger partial charge is 0.223 e. The van der Waals surface area contributed by atoms with Gasteiger partial charge in [-0.25, -0.2) is 0 Å². The van der Waals surface area contributed by atoms with E-state index in [0.717, 1.165) is 25.3 Å². The minimum atomic E-state index is 0.0528. The van der Waals surface area contributed by atoms with Crippen molar-refractivity contribution in [1.29, 1.82) is 0 Å². The van der Waals surface area contributed by atoms with Crippen molar-refractivity contribution in [2.75, 3.05) is 13.7 Å². The molecule has 3 heteroatoms. The first-order chi connectivity index (χ1) is 8.89. The minimum Gasteiger partial charge on any atom is -0.497 e. The van der Waals surface area contributed by atoms with Gasteiger partial charge >= 0.3 is 0 Å². The van der Waals surface area contributed by atoms with Crippen molar-refractivity contribution in [3.63, 3.8) is 0 Å². The quantitative estimate of drug-likeness (QED) is 0.819. The summed E-state index contributed by atoms with van der Waals surface area (Å²) >= 11 is 0. The Balaban J connectivity index is 2.08. The molecule has 1 aliphatic rings. The molecular formula is C16H23NO2. The fourth-order valence-electron chi connectivity index (χ4n) is 2.43. The van der Waals surface area contributed by atoms with E-state index in [1.54, 1.807) is 7.11 Å². The number of amides is 1. The number of fused-ring (bicyclic) bond motifs is 1. The van der Waals surface area contributed by atoms with Gasteiger partial charge in [0.1, 0.15) is 5.75 Å². The summed E-state index contributed by atoms with van der Waals surface area (Å²) in [7, 11) is 1.68. The lowest BCUT2D eigenvalue weighted by molar-refractivity contribution is -0.134. The lowest BCUT2D eigenvalue weighted by Gasteiger charge is -2.31. The van der Waals surface area contributed by atoms with Crippen LogP contribution >= 0.6 is 0 Å². The predicted molar refractivity (Wildman–Crippen MR) is 76.2 cm³/mol. The molecule has 2 rings (SSSR count). The van der Waals surface area contributed by atoms with Gasteiger partial charge in [0.2, 0.25) is 5.91 Å². The lowest BCUT2D eigenvalue weighted by atomic mass is 9.90. The highest BCUT2D eigenvalue weighted by Gasteiger charge is 2.24. The maximum Gasteiger partial charge on any atom is 0.223 e. The van der Waals surface area contributed by atoms with Crippen molar-refractivity contribution < 1.29 is 9.53 Å². The Hall–Kier alpha value is -1.51. The zero-order valence-electron chi connectivity index (χ0n) is 12.3. The Labute approximate surface area is 115 Å². The summed E-state index contributed by atoms with van der Waals surface area (Å²) in [6, 6.07) is 6.13. The number of carbonyl (C=O) groups excluding carboxylic acids is 1. The van der Waals surface area contributed by atoms with Gasteiger partial charge < -0.3 is 9.64 Å². The minimum absolute atomic E-state index is 0.0528. The summed E-state index contributed by atoms with van der Waals surface area (Å²) in [6.45, 7) is 7.86. The van der Waals surface area contributed by atoms with E-state index in [9.17, 15) is 4.79 Å². The van der Waals surface area contributed by atoms with Crippen molar-refractivity contribution in [2.24, 2.45) is 5.41 Å². The van der Waals surface area contributed by atoms with Gasteiger partial charge in [0, 0.05) is 19.5 Å². The molecule has 0 aliphatic carbocycles. The number of carbonyl (C=O) groups is 1. The second-order valence-corrected chi connectivity index (χ2v) is 6.44. The van der Waals surface area contributed by atoms with E-state index in [4.69, 9.17) is 4.74 Å². The maximum absolute atomic E-state index is 12.2. The molecule has 0 atom stereocenters. The van der Waals surface area contributed by atoms with Crippen LogP contribution in [0.4, 0.5) is 0 Å². The van der Waals surface area contributed by atoms with Crippen LogP contribution in [-0.2, 0) is 17.8 Å². The molecule has 0 unspecified atom stereocenters. The first-order valence-electron chi connectivity index (χ1n) is 6.82. The van der Waals surface area contributed by atoms with Crippen LogP contribution in [0.3, 0.4) is 0 Å². The van der Waals surface area contributed by atoms with Crippen LogP contribution in [0.1, 0.15) is 38.3 Å². The standard InChI is InChI=1S/C16H23NO2/c1-16(2,3)10-15(18)17-8-7-12-9-14(19-4)6-5-13(12)11-17/h5-6,9H,7-8,10-11H2,1-4H3. The Morgan fingerprint density at radius 1 is 1.32 bits per heavy atom. The Bertz CT molecular complexity index is 474. The fourth-order valence-corrected chi connectivity index (χ4v) is 2.43. The molecule has 1 amide bonds. The number of hydrogen-bond donors (Lipinski definition) is 0. The molecule has 1 aromatic carbocycles. The normalized spacial score (nSPS) is 15.1. The van der Waals surface area contributed by atoms with Crippen LogP contribution in [0, 0.1) is 5.41 Å². The second-order valence-electron chi connectivity index (χ2n) is 6.44. The molecular weight excluding hydrogens is 238 g/mol. The Kier molecular flexibility index (Phi) is 3.83. The van der Waals surface area contributed by atoms with Crippen molar-refractivity contribution in [3.8, 4) is 5.75 Å². The van der Waals surface area contributed by atoms with Gasteiger partial charge in [0.15, 0.2) is 0 Å². The van der Waals surface area contributed by atoms with Crippen molar-refractivity contribution in [2.45, 2.75) is 40.2 Å². The number of nitrogens with zero attached hydrogens (tertiary/aromatic N) is 1. The van der Waals surface area contributed by atoms with Gasteiger partial charge in [-0.1, -0.05) is 26.8 Å². The molecule has 0 saturated carbocycles. The second kappa shape index (κ2) is 5.24. The average molecular weight is 261 g/mol. The van der Waals surface area contributed by atoms with Crippen LogP contribution in [-0.4, -0.2) is 24.5 Å². The molecule has 3 nitrogen and oxygen atoms in total. The molecule has 0 N–H and O–H groups in total. The summed E-state index contributed by atoms with van der Waals surface area (Å²) < 4.78 is 5.24. The molecule has 1 heterocycles. The molecule has 1 aliphatic heterocycles. The zero-order valence-corrected chi connectivity index (χ0v) is 12.3. The van der Waals surface area contributed by atoms with Crippen LogP contribution in [0.25, 0.3) is 0 Å². The molecule has 0 radical (unpaired) electrons. The fraction of sp³-hybridized carbons (Fsp3) is 0.562. The van der Waals surface area contributed by atoms with Crippen molar-refractivity contribution in [1.82, 2.24) is 4.90 Å². The molecule has 0 spiro atoms. The molecule has 104 valence electrons. The van der Waals surface area contributed by atoms with Crippen LogP contribution in [0.5, 0.6) is 5.75 Å². The average Bonchev–Trinajstić information content (AvgIpc) is 2.35. The summed E-state index contributed by atoms with van der Waals surface area (Å²) in [5, 5.41) is 0. The number of hydrogen-bond acceptors (Lipinski definition) is 2. The van der Waals surface area contributed by atoms with Gasteiger partial charge in [-0.3, -0.25) is 4.79 Å². The van der Waals surface area contributed by atoms with Crippen molar-refractivity contribution in [3.05, 3.63) is 29.3 Å². The largest absolute Gasteiger partial charge is 0.497 e. The van der Waals surface area contributed by atoms with Gasteiger partial charge in [0.25, 0.3) is 0 Å². The number of benzene rings is 1. The van der Waals surface area contributed by atoms with E-state index in [0.29, 0.717) is 6.42 Å². The monoisotopic (exact) mass is 261 g/mol. The molecule has 0 aromatic heterocycles. The maximum atomic E-state index is 12.2. The summed E-state index contributed by atoms with van der Waals surface area (Å²) in [5.41, 5.74) is 2.60. The van der Waals surface area contributed by atoms with Crippen LogP contribution in [0.2, 0.25) is 0 Å². The van der Waals surface area contributed by atoms with Gasteiger partial charge in [-0.2, -0.15) is 0 Å². The number of ether oxygens (including phenoxy) is 1. The zero-order chi connectivity index (χ0) is 14.0. The van der Waals surface area contributed by atoms with Gasteiger partial charge in [0.05, 0.1) is 7.11 Å². The summed E-state index contributed by atoms with van der Waals surface area (Å²) in [4.78, 5) is 14.2. The van der Waals surface area contributed by atoms with Crippen LogP contribution in [0.15, 0.2) is 18.2 Å². The Morgan fingerprint density at radius 3 is 2.68 bits per heavy atom. The van der Waals surface area contributed by atoms with E-state index < -0.39 is 0 Å². The summed E-state index contributed by atoms with van der Waals surface area (Å²) in [5.74, 6) is 1.15. The van der Waals surface area contributed by atoms with E-state index in [2.05, 4.69) is 32.9 Å². The topological polar surface area (TPSA) is 29.5 Å². The Morgan fingerprint density at radius 2 is 2.05 bits per heavy atom. The first-order valence-corrected chi connectivity index (χ1v) is 6.82. The predicted octanol–water partition coefficient (Wildman–Crippen LogP) is 3.02. The molecule has 0 bridgehead atoms.